The first kappa shape index (κ1) is 12.8. The molecule has 2 heterocycles. The number of hydrogen-bond donors (Lipinski definition) is 2. The molecule has 2 fully saturated rings. The van der Waals surface area contributed by atoms with Crippen molar-refractivity contribution in [3.63, 3.8) is 0 Å². The first-order valence-electron chi connectivity index (χ1n) is 6.66. The van der Waals surface area contributed by atoms with Gasteiger partial charge in [0.25, 0.3) is 0 Å². The predicted octanol–water partition coefficient (Wildman–Crippen LogP) is 1.47. The number of hydrogen-bond acceptors (Lipinski definition) is 3. The van der Waals surface area contributed by atoms with Crippen LogP contribution in [0.5, 0.6) is 0 Å². The standard InChI is InChI=1S/C13H23NO3/c1-8(9(2)15)14-11-3-4-12(14)6-10(5-11)7-13(16)17/h8-12,15H,3-7H2,1-2H3,(H,16,17). The largest absolute Gasteiger partial charge is 0.481 e. The summed E-state index contributed by atoms with van der Waals surface area (Å²) in [5.74, 6) is -0.339. The lowest BCUT2D eigenvalue weighted by Gasteiger charge is -2.43. The van der Waals surface area contributed by atoms with E-state index < -0.39 is 5.97 Å². The fourth-order valence-electron chi connectivity index (χ4n) is 3.65. The lowest BCUT2D eigenvalue weighted by Crippen LogP contribution is -2.51. The van der Waals surface area contributed by atoms with Gasteiger partial charge in [0.15, 0.2) is 0 Å². The van der Waals surface area contributed by atoms with Crippen molar-refractivity contribution < 1.29 is 15.0 Å². The quantitative estimate of drug-likeness (QED) is 0.782. The van der Waals surface area contributed by atoms with Crippen molar-refractivity contribution in [2.45, 2.75) is 70.2 Å². The van der Waals surface area contributed by atoms with Crippen molar-refractivity contribution >= 4 is 5.97 Å². The van der Waals surface area contributed by atoms with E-state index in [1.807, 2.05) is 6.92 Å². The third-order valence-corrected chi connectivity index (χ3v) is 4.52. The number of aliphatic hydroxyl groups is 1. The zero-order chi connectivity index (χ0) is 12.6. The van der Waals surface area contributed by atoms with Crippen LogP contribution in [0.25, 0.3) is 0 Å². The van der Waals surface area contributed by atoms with Gasteiger partial charge >= 0.3 is 5.97 Å². The lowest BCUT2D eigenvalue weighted by molar-refractivity contribution is -0.138. The number of carboxylic acid groups (broad SMARTS) is 1. The summed E-state index contributed by atoms with van der Waals surface area (Å²) in [5, 5.41) is 18.6. The van der Waals surface area contributed by atoms with E-state index in [-0.39, 0.29) is 12.1 Å². The first-order valence-corrected chi connectivity index (χ1v) is 6.66. The second-order valence-corrected chi connectivity index (χ2v) is 5.75. The summed E-state index contributed by atoms with van der Waals surface area (Å²) in [6.45, 7) is 3.92. The van der Waals surface area contributed by atoms with Gasteiger partial charge in [-0.15, -0.1) is 0 Å². The van der Waals surface area contributed by atoms with Crippen LogP contribution >= 0.6 is 0 Å². The molecule has 0 spiro atoms. The molecule has 4 atom stereocenters. The van der Waals surface area contributed by atoms with Crippen LogP contribution in [0.2, 0.25) is 0 Å². The molecule has 0 saturated carbocycles. The highest BCUT2D eigenvalue weighted by Gasteiger charge is 2.43. The molecule has 0 radical (unpaired) electrons. The summed E-state index contributed by atoms with van der Waals surface area (Å²) in [4.78, 5) is 13.2. The summed E-state index contributed by atoms with van der Waals surface area (Å²) in [7, 11) is 0. The number of nitrogens with zero attached hydrogens (tertiary/aromatic N) is 1. The molecule has 4 heteroatoms. The molecule has 2 saturated heterocycles. The van der Waals surface area contributed by atoms with Gasteiger partial charge in [0.2, 0.25) is 0 Å². The first-order chi connectivity index (χ1) is 7.99. The maximum absolute atomic E-state index is 10.8. The van der Waals surface area contributed by atoms with Gasteiger partial charge in [-0.05, 0) is 45.4 Å². The molecule has 0 aromatic heterocycles. The Hall–Kier alpha value is -0.610. The smallest absolute Gasteiger partial charge is 0.303 e. The summed E-state index contributed by atoms with van der Waals surface area (Å²) >= 11 is 0. The van der Waals surface area contributed by atoms with Crippen molar-refractivity contribution in [2.75, 3.05) is 0 Å². The van der Waals surface area contributed by atoms with Crippen molar-refractivity contribution in [3.05, 3.63) is 0 Å². The molecule has 4 unspecified atom stereocenters. The van der Waals surface area contributed by atoms with Gasteiger partial charge < -0.3 is 10.2 Å². The van der Waals surface area contributed by atoms with E-state index in [1.54, 1.807) is 0 Å². The van der Waals surface area contributed by atoms with E-state index in [0.717, 1.165) is 25.7 Å². The van der Waals surface area contributed by atoms with E-state index in [2.05, 4.69) is 11.8 Å². The molecule has 0 amide bonds. The van der Waals surface area contributed by atoms with Crippen LogP contribution in [-0.4, -0.2) is 45.3 Å². The molecule has 4 nitrogen and oxygen atoms in total. The highest BCUT2D eigenvalue weighted by Crippen LogP contribution is 2.41. The van der Waals surface area contributed by atoms with Crippen LogP contribution < -0.4 is 0 Å². The monoisotopic (exact) mass is 241 g/mol. The molecule has 0 aromatic rings. The van der Waals surface area contributed by atoms with E-state index >= 15 is 0 Å². The van der Waals surface area contributed by atoms with Crippen molar-refractivity contribution in [1.82, 2.24) is 4.90 Å². The molecule has 2 N–H and O–H groups in total. The topological polar surface area (TPSA) is 60.8 Å². The highest BCUT2D eigenvalue weighted by molar-refractivity contribution is 5.67. The van der Waals surface area contributed by atoms with Gasteiger partial charge in [-0.1, -0.05) is 0 Å². The Labute approximate surface area is 103 Å². The zero-order valence-electron chi connectivity index (χ0n) is 10.7. The second kappa shape index (κ2) is 4.94. The number of piperidine rings is 1. The molecular formula is C13H23NO3. The zero-order valence-corrected chi connectivity index (χ0v) is 10.7. The van der Waals surface area contributed by atoms with E-state index in [0.29, 0.717) is 24.4 Å². The molecular weight excluding hydrogens is 218 g/mol. The lowest BCUT2D eigenvalue weighted by atomic mass is 9.87. The van der Waals surface area contributed by atoms with Gasteiger partial charge in [-0.25, -0.2) is 0 Å². The van der Waals surface area contributed by atoms with E-state index in [4.69, 9.17) is 5.11 Å². The number of fused-ring (bicyclic) bond motifs is 2. The Bertz CT molecular complexity index is 278. The Balaban J connectivity index is 2.00. The summed E-state index contributed by atoms with van der Waals surface area (Å²) in [6.07, 6.45) is 4.30. The Kier molecular flexibility index (Phi) is 3.73. The second-order valence-electron chi connectivity index (χ2n) is 5.75. The number of carbonyl (C=O) groups is 1. The minimum atomic E-state index is -0.675. The minimum Gasteiger partial charge on any atom is -0.481 e. The highest BCUT2D eigenvalue weighted by atomic mass is 16.4. The number of carboxylic acids is 1. The molecule has 0 aliphatic carbocycles. The Morgan fingerprint density at radius 3 is 2.24 bits per heavy atom. The number of aliphatic carboxylic acids is 1. The van der Waals surface area contributed by atoms with Crippen LogP contribution in [0, 0.1) is 5.92 Å². The van der Waals surface area contributed by atoms with Crippen LogP contribution in [0.3, 0.4) is 0 Å². The molecule has 2 aliphatic heterocycles. The summed E-state index contributed by atoms with van der Waals surface area (Å²) in [6, 6.07) is 1.17. The van der Waals surface area contributed by atoms with Crippen LogP contribution in [-0.2, 0) is 4.79 Å². The van der Waals surface area contributed by atoms with Gasteiger partial charge in [-0.2, -0.15) is 0 Å². The third-order valence-electron chi connectivity index (χ3n) is 4.52. The molecule has 98 valence electrons. The molecule has 2 rings (SSSR count). The maximum atomic E-state index is 10.8. The van der Waals surface area contributed by atoms with E-state index in [9.17, 15) is 9.90 Å². The third kappa shape index (κ3) is 2.63. The summed E-state index contributed by atoms with van der Waals surface area (Å²) < 4.78 is 0. The van der Waals surface area contributed by atoms with Gasteiger partial charge in [0.05, 0.1) is 6.10 Å². The normalized spacial score (nSPS) is 36.8. The fraction of sp³-hybridized carbons (Fsp3) is 0.923. The molecule has 2 bridgehead atoms. The van der Waals surface area contributed by atoms with Gasteiger partial charge in [0.1, 0.15) is 0 Å². The SMILES string of the molecule is CC(O)C(C)N1C2CCC1CC(CC(=O)O)C2. The van der Waals surface area contributed by atoms with Crippen molar-refractivity contribution in [2.24, 2.45) is 5.92 Å². The average Bonchev–Trinajstić information content (AvgIpc) is 2.48. The minimum absolute atomic E-state index is 0.193. The maximum Gasteiger partial charge on any atom is 0.303 e. The van der Waals surface area contributed by atoms with Crippen molar-refractivity contribution in [1.29, 1.82) is 0 Å². The van der Waals surface area contributed by atoms with E-state index in [1.165, 1.54) is 0 Å². The molecule has 17 heavy (non-hydrogen) atoms. The van der Waals surface area contributed by atoms with Crippen LogP contribution in [0.1, 0.15) is 46.0 Å². The van der Waals surface area contributed by atoms with Gasteiger partial charge in [-0.3, -0.25) is 9.69 Å². The van der Waals surface area contributed by atoms with Crippen LogP contribution in [0.15, 0.2) is 0 Å². The molecule has 0 aromatic carbocycles. The van der Waals surface area contributed by atoms with Crippen LogP contribution in [0.4, 0.5) is 0 Å². The predicted molar refractivity (Wildman–Crippen MR) is 64.8 cm³/mol. The summed E-state index contributed by atoms with van der Waals surface area (Å²) in [5.41, 5.74) is 0. The van der Waals surface area contributed by atoms with Crippen molar-refractivity contribution in [3.8, 4) is 0 Å². The number of rotatable bonds is 4. The molecule has 2 aliphatic rings. The average molecular weight is 241 g/mol. The Morgan fingerprint density at radius 2 is 1.82 bits per heavy atom. The Morgan fingerprint density at radius 1 is 1.29 bits per heavy atom. The fourth-order valence-corrected chi connectivity index (χ4v) is 3.65. The number of aliphatic hydroxyl groups excluding tert-OH is 1. The van der Waals surface area contributed by atoms with Gasteiger partial charge in [0, 0.05) is 24.5 Å².